The van der Waals surface area contributed by atoms with Crippen LogP contribution in [0, 0.1) is 5.92 Å². The molecule has 0 aliphatic heterocycles. The topological polar surface area (TPSA) is 50.2 Å². The molecule has 1 atom stereocenters. The number of nitrogens with zero attached hydrogens (tertiary/aromatic N) is 1. The Morgan fingerprint density at radius 1 is 1.64 bits per heavy atom. The van der Waals surface area contributed by atoms with Crippen molar-refractivity contribution in [1.82, 2.24) is 4.98 Å². The van der Waals surface area contributed by atoms with E-state index in [9.17, 15) is 4.79 Å². The van der Waals surface area contributed by atoms with E-state index in [2.05, 4.69) is 4.98 Å². The summed E-state index contributed by atoms with van der Waals surface area (Å²) in [6, 6.07) is 3.91. The quantitative estimate of drug-likeness (QED) is 0.779. The van der Waals surface area contributed by atoms with Crippen molar-refractivity contribution in [2.75, 3.05) is 0 Å². The van der Waals surface area contributed by atoms with Gasteiger partial charge in [0.2, 0.25) is 0 Å². The third-order valence-electron chi connectivity index (χ3n) is 2.25. The highest BCUT2D eigenvalue weighted by atomic mass is 16.4. The van der Waals surface area contributed by atoms with Crippen LogP contribution in [-0.2, 0) is 11.2 Å². The molecule has 0 saturated carbocycles. The van der Waals surface area contributed by atoms with Gasteiger partial charge in [0.05, 0.1) is 5.92 Å². The van der Waals surface area contributed by atoms with E-state index in [0.717, 1.165) is 19.3 Å². The Balaban J connectivity index is 2.26. The van der Waals surface area contributed by atoms with Gasteiger partial charge >= 0.3 is 5.97 Å². The summed E-state index contributed by atoms with van der Waals surface area (Å²) in [4.78, 5) is 14.5. The van der Waals surface area contributed by atoms with E-state index < -0.39 is 5.97 Å². The lowest BCUT2D eigenvalue weighted by molar-refractivity contribution is -0.141. The number of carboxylic acid groups (broad SMARTS) is 1. The highest BCUT2D eigenvalue weighted by Crippen LogP contribution is 2.09. The third kappa shape index (κ3) is 3.56. The van der Waals surface area contributed by atoms with Gasteiger partial charge in [-0.25, -0.2) is 0 Å². The predicted molar refractivity (Wildman–Crippen MR) is 54.0 cm³/mol. The molecule has 0 spiro atoms. The molecule has 0 aromatic carbocycles. The van der Waals surface area contributed by atoms with Crippen LogP contribution in [0.1, 0.15) is 25.3 Å². The summed E-state index contributed by atoms with van der Waals surface area (Å²) >= 11 is 0. The van der Waals surface area contributed by atoms with Gasteiger partial charge in [-0.05, 0) is 30.9 Å². The maximum Gasteiger partial charge on any atom is 0.306 e. The fourth-order valence-corrected chi connectivity index (χ4v) is 1.28. The first-order valence-electron chi connectivity index (χ1n) is 4.82. The third-order valence-corrected chi connectivity index (χ3v) is 2.25. The molecule has 0 saturated heterocycles. The predicted octanol–water partition coefficient (Wildman–Crippen LogP) is 2.12. The number of rotatable bonds is 5. The average Bonchev–Trinajstić information content (AvgIpc) is 2.19. The van der Waals surface area contributed by atoms with Crippen molar-refractivity contribution in [3.05, 3.63) is 30.1 Å². The van der Waals surface area contributed by atoms with E-state index in [1.54, 1.807) is 13.1 Å². The van der Waals surface area contributed by atoms with Crippen LogP contribution in [0.25, 0.3) is 0 Å². The molecule has 0 fully saturated rings. The summed E-state index contributed by atoms with van der Waals surface area (Å²) in [5.41, 5.74) is 1.17. The van der Waals surface area contributed by atoms with E-state index in [-0.39, 0.29) is 5.92 Å². The average molecular weight is 193 g/mol. The maximum absolute atomic E-state index is 10.5. The molecule has 3 heteroatoms. The summed E-state index contributed by atoms with van der Waals surface area (Å²) in [5.74, 6) is -0.956. The van der Waals surface area contributed by atoms with Gasteiger partial charge in [0.15, 0.2) is 0 Å². The second-order valence-corrected chi connectivity index (χ2v) is 3.49. The largest absolute Gasteiger partial charge is 0.481 e. The summed E-state index contributed by atoms with van der Waals surface area (Å²) in [6.07, 6.45) is 6.10. The van der Waals surface area contributed by atoms with Crippen molar-refractivity contribution >= 4 is 5.97 Å². The first-order chi connectivity index (χ1) is 6.70. The molecule has 0 radical (unpaired) electrons. The molecular weight excluding hydrogens is 178 g/mol. The van der Waals surface area contributed by atoms with Gasteiger partial charge in [-0.15, -0.1) is 0 Å². The molecule has 0 aliphatic carbocycles. The van der Waals surface area contributed by atoms with Crippen LogP contribution >= 0.6 is 0 Å². The van der Waals surface area contributed by atoms with E-state index >= 15 is 0 Å². The standard InChI is InChI=1S/C11H15NO2/c1-9(11(13)14)4-2-5-10-6-3-7-12-8-10/h3,6-9H,2,4-5H2,1H3,(H,13,14). The molecule has 3 nitrogen and oxygen atoms in total. The Labute approximate surface area is 83.8 Å². The zero-order valence-corrected chi connectivity index (χ0v) is 8.31. The molecule has 1 heterocycles. The summed E-state index contributed by atoms with van der Waals surface area (Å²) < 4.78 is 0. The highest BCUT2D eigenvalue weighted by molar-refractivity contribution is 5.69. The monoisotopic (exact) mass is 193 g/mol. The minimum Gasteiger partial charge on any atom is -0.481 e. The molecule has 1 aromatic rings. The van der Waals surface area contributed by atoms with Gasteiger partial charge in [-0.1, -0.05) is 13.0 Å². The number of aromatic nitrogens is 1. The molecule has 0 aliphatic rings. The van der Waals surface area contributed by atoms with E-state index in [1.165, 1.54) is 5.56 Å². The van der Waals surface area contributed by atoms with Crippen molar-refractivity contribution in [3.63, 3.8) is 0 Å². The Morgan fingerprint density at radius 2 is 2.43 bits per heavy atom. The SMILES string of the molecule is CC(CCCc1cccnc1)C(=O)O. The Hall–Kier alpha value is -1.38. The van der Waals surface area contributed by atoms with Crippen LogP contribution in [0.3, 0.4) is 0 Å². The van der Waals surface area contributed by atoms with Crippen LogP contribution in [0.2, 0.25) is 0 Å². The molecule has 76 valence electrons. The first kappa shape index (κ1) is 10.7. The van der Waals surface area contributed by atoms with Crippen LogP contribution in [0.4, 0.5) is 0 Å². The summed E-state index contributed by atoms with van der Waals surface area (Å²) in [6.45, 7) is 1.74. The Morgan fingerprint density at radius 3 is 3.00 bits per heavy atom. The fourth-order valence-electron chi connectivity index (χ4n) is 1.28. The van der Waals surface area contributed by atoms with Gasteiger partial charge in [0, 0.05) is 12.4 Å². The smallest absolute Gasteiger partial charge is 0.306 e. The van der Waals surface area contributed by atoms with Crippen molar-refractivity contribution < 1.29 is 9.90 Å². The zero-order chi connectivity index (χ0) is 10.4. The molecule has 1 unspecified atom stereocenters. The highest BCUT2D eigenvalue weighted by Gasteiger charge is 2.09. The maximum atomic E-state index is 10.5. The second kappa shape index (κ2) is 5.37. The van der Waals surface area contributed by atoms with E-state index in [4.69, 9.17) is 5.11 Å². The van der Waals surface area contributed by atoms with Crippen molar-refractivity contribution in [3.8, 4) is 0 Å². The minimum atomic E-state index is -0.712. The van der Waals surface area contributed by atoms with Crippen molar-refractivity contribution in [2.24, 2.45) is 5.92 Å². The summed E-state index contributed by atoms with van der Waals surface area (Å²) in [7, 11) is 0. The van der Waals surface area contributed by atoms with Crippen LogP contribution in [0.15, 0.2) is 24.5 Å². The molecule has 0 amide bonds. The molecule has 1 aromatic heterocycles. The Bertz CT molecular complexity index is 285. The number of aryl methyl sites for hydroxylation is 1. The Kier molecular flexibility index (Phi) is 4.11. The number of carboxylic acids is 1. The first-order valence-corrected chi connectivity index (χ1v) is 4.82. The van der Waals surface area contributed by atoms with Gasteiger partial charge in [-0.3, -0.25) is 9.78 Å². The van der Waals surface area contributed by atoms with Crippen LogP contribution < -0.4 is 0 Å². The van der Waals surface area contributed by atoms with Crippen LogP contribution in [-0.4, -0.2) is 16.1 Å². The summed E-state index contributed by atoms with van der Waals surface area (Å²) in [5, 5.41) is 8.67. The van der Waals surface area contributed by atoms with E-state index in [0.29, 0.717) is 0 Å². The number of carbonyl (C=O) groups is 1. The normalized spacial score (nSPS) is 12.4. The lowest BCUT2D eigenvalue weighted by Crippen LogP contribution is -2.09. The molecule has 1 N–H and O–H groups in total. The number of pyridine rings is 1. The van der Waals surface area contributed by atoms with Gasteiger partial charge in [0.25, 0.3) is 0 Å². The second-order valence-electron chi connectivity index (χ2n) is 3.49. The molecule has 14 heavy (non-hydrogen) atoms. The number of hydrogen-bond acceptors (Lipinski definition) is 2. The van der Waals surface area contributed by atoms with Crippen molar-refractivity contribution in [1.29, 1.82) is 0 Å². The molecule has 1 rings (SSSR count). The van der Waals surface area contributed by atoms with Gasteiger partial charge < -0.3 is 5.11 Å². The number of aliphatic carboxylic acids is 1. The lowest BCUT2D eigenvalue weighted by atomic mass is 10.0. The zero-order valence-electron chi connectivity index (χ0n) is 8.31. The minimum absolute atomic E-state index is 0.244. The van der Waals surface area contributed by atoms with E-state index in [1.807, 2.05) is 18.3 Å². The molecular formula is C11H15NO2. The fraction of sp³-hybridized carbons (Fsp3) is 0.455. The van der Waals surface area contributed by atoms with Crippen molar-refractivity contribution in [2.45, 2.75) is 26.2 Å². The molecule has 0 bridgehead atoms. The number of hydrogen-bond donors (Lipinski definition) is 1. The van der Waals surface area contributed by atoms with Crippen LogP contribution in [0.5, 0.6) is 0 Å². The lowest BCUT2D eigenvalue weighted by Gasteiger charge is -2.05. The van der Waals surface area contributed by atoms with Gasteiger partial charge in [-0.2, -0.15) is 0 Å². The van der Waals surface area contributed by atoms with Gasteiger partial charge in [0.1, 0.15) is 0 Å².